The lowest BCUT2D eigenvalue weighted by atomic mass is 10.1. The van der Waals surface area contributed by atoms with Crippen LogP contribution in [0.5, 0.6) is 0 Å². The summed E-state index contributed by atoms with van der Waals surface area (Å²) in [4.78, 5) is 4.05. The molecule has 3 heteroatoms. The number of oxazole rings is 1. The van der Waals surface area contributed by atoms with Crippen molar-refractivity contribution in [3.05, 3.63) is 36.1 Å². The minimum atomic E-state index is 0.208. The molecule has 1 aromatic carbocycles. The second kappa shape index (κ2) is 3.54. The molecule has 1 aromatic heterocycles. The van der Waals surface area contributed by atoms with Gasteiger partial charge >= 0.3 is 0 Å². The Hall–Kier alpha value is -1.77. The summed E-state index contributed by atoms with van der Waals surface area (Å²) >= 11 is 0. The Bertz CT molecular complexity index is 417. The third-order valence-electron chi connectivity index (χ3n) is 2.18. The monoisotopic (exact) mass is 188 g/mol. The highest BCUT2D eigenvalue weighted by molar-refractivity contribution is 5.59. The second-order valence-corrected chi connectivity index (χ2v) is 3.12. The van der Waals surface area contributed by atoms with Crippen molar-refractivity contribution in [1.29, 1.82) is 0 Å². The molecule has 0 bridgehead atoms. The average Bonchev–Trinajstić information content (AvgIpc) is 2.65. The molecule has 14 heavy (non-hydrogen) atoms. The van der Waals surface area contributed by atoms with E-state index >= 15 is 0 Å². The van der Waals surface area contributed by atoms with Gasteiger partial charge in [0, 0.05) is 5.56 Å². The highest BCUT2D eigenvalue weighted by Crippen LogP contribution is 2.19. The van der Waals surface area contributed by atoms with Crippen LogP contribution in [0.25, 0.3) is 11.3 Å². The average molecular weight is 188 g/mol. The Balaban J connectivity index is 2.33. The van der Waals surface area contributed by atoms with Gasteiger partial charge in [0.2, 0.25) is 0 Å². The molecule has 0 fully saturated rings. The van der Waals surface area contributed by atoms with Crippen LogP contribution in [0.15, 0.2) is 34.9 Å². The summed E-state index contributed by atoms with van der Waals surface area (Å²) in [5.74, 6) is 0. The van der Waals surface area contributed by atoms with E-state index in [2.05, 4.69) is 24.0 Å². The molecule has 1 heterocycles. The molecule has 2 rings (SSSR count). The van der Waals surface area contributed by atoms with Crippen molar-refractivity contribution in [1.82, 2.24) is 4.98 Å². The topological polar surface area (TPSA) is 52.0 Å². The summed E-state index contributed by atoms with van der Waals surface area (Å²) in [5, 5.41) is 0. The van der Waals surface area contributed by atoms with Gasteiger partial charge in [-0.3, -0.25) is 0 Å². The largest absolute Gasteiger partial charge is 0.432 e. The van der Waals surface area contributed by atoms with Gasteiger partial charge in [0.25, 0.3) is 6.01 Å². The number of aryl methyl sites for hydroxylation is 1. The number of nitrogens with zero attached hydrogens (tertiary/aromatic N) is 1. The normalized spacial score (nSPS) is 10.4. The number of anilines is 1. The first-order chi connectivity index (χ1) is 6.79. The zero-order valence-corrected chi connectivity index (χ0v) is 8.03. The van der Waals surface area contributed by atoms with Gasteiger partial charge in [-0.1, -0.05) is 31.2 Å². The molecule has 0 saturated carbocycles. The molecule has 0 saturated heterocycles. The maximum atomic E-state index is 5.39. The van der Waals surface area contributed by atoms with E-state index in [-0.39, 0.29) is 6.01 Å². The number of hydrogen-bond donors (Lipinski definition) is 1. The molecule has 0 amide bonds. The van der Waals surface area contributed by atoms with E-state index in [1.54, 1.807) is 6.26 Å². The van der Waals surface area contributed by atoms with Crippen molar-refractivity contribution in [2.24, 2.45) is 0 Å². The fraction of sp³-hybridized carbons (Fsp3) is 0.182. The van der Waals surface area contributed by atoms with Crippen LogP contribution in [0.2, 0.25) is 0 Å². The van der Waals surface area contributed by atoms with Gasteiger partial charge in [-0.2, -0.15) is 4.98 Å². The van der Waals surface area contributed by atoms with Crippen LogP contribution in [0.4, 0.5) is 6.01 Å². The smallest absolute Gasteiger partial charge is 0.292 e. The van der Waals surface area contributed by atoms with Crippen LogP contribution in [-0.4, -0.2) is 4.98 Å². The van der Waals surface area contributed by atoms with Crippen molar-refractivity contribution in [3.8, 4) is 11.3 Å². The fourth-order valence-corrected chi connectivity index (χ4v) is 1.33. The summed E-state index contributed by atoms with van der Waals surface area (Å²) in [6, 6.07) is 8.42. The van der Waals surface area contributed by atoms with Crippen molar-refractivity contribution < 1.29 is 4.42 Å². The van der Waals surface area contributed by atoms with Gasteiger partial charge < -0.3 is 10.2 Å². The Kier molecular flexibility index (Phi) is 2.23. The molecule has 2 aromatic rings. The highest BCUT2D eigenvalue weighted by atomic mass is 16.4. The molecule has 0 aliphatic rings. The summed E-state index contributed by atoms with van der Waals surface area (Å²) in [5.41, 5.74) is 8.52. The summed E-state index contributed by atoms with van der Waals surface area (Å²) < 4.78 is 4.94. The molecular formula is C11H12N2O. The predicted molar refractivity (Wildman–Crippen MR) is 55.7 cm³/mol. The number of benzene rings is 1. The van der Waals surface area contributed by atoms with Crippen LogP contribution in [0.3, 0.4) is 0 Å². The zero-order valence-electron chi connectivity index (χ0n) is 8.03. The molecule has 2 N–H and O–H groups in total. The van der Waals surface area contributed by atoms with Gasteiger partial charge in [-0.15, -0.1) is 0 Å². The highest BCUT2D eigenvalue weighted by Gasteiger charge is 2.02. The van der Waals surface area contributed by atoms with Gasteiger partial charge in [0.05, 0.1) is 0 Å². The van der Waals surface area contributed by atoms with Crippen molar-refractivity contribution >= 4 is 6.01 Å². The van der Waals surface area contributed by atoms with Crippen LogP contribution in [0.1, 0.15) is 12.5 Å². The first kappa shape index (κ1) is 8.81. The number of nitrogen functional groups attached to an aromatic ring is 1. The minimum Gasteiger partial charge on any atom is -0.432 e. The predicted octanol–water partition coefficient (Wildman–Crippen LogP) is 2.49. The van der Waals surface area contributed by atoms with Gasteiger partial charge in [-0.25, -0.2) is 0 Å². The second-order valence-electron chi connectivity index (χ2n) is 3.12. The van der Waals surface area contributed by atoms with E-state index in [9.17, 15) is 0 Å². The Morgan fingerprint density at radius 2 is 2.00 bits per heavy atom. The lowest BCUT2D eigenvalue weighted by Crippen LogP contribution is -1.84. The van der Waals surface area contributed by atoms with Crippen molar-refractivity contribution in [3.63, 3.8) is 0 Å². The van der Waals surface area contributed by atoms with Crippen LogP contribution in [-0.2, 0) is 6.42 Å². The molecule has 72 valence electrons. The van der Waals surface area contributed by atoms with E-state index in [4.69, 9.17) is 10.2 Å². The first-order valence-electron chi connectivity index (χ1n) is 4.60. The lowest BCUT2D eigenvalue weighted by molar-refractivity contribution is 0.581. The van der Waals surface area contributed by atoms with E-state index in [0.717, 1.165) is 17.7 Å². The molecule has 0 atom stereocenters. The third-order valence-corrected chi connectivity index (χ3v) is 2.18. The van der Waals surface area contributed by atoms with E-state index in [0.29, 0.717) is 0 Å². The SMILES string of the molecule is CCc1ccc(-c2coc(N)n2)cc1. The summed E-state index contributed by atoms with van der Waals surface area (Å²) in [6.07, 6.45) is 2.61. The van der Waals surface area contributed by atoms with Crippen molar-refractivity contribution in [2.45, 2.75) is 13.3 Å². The zero-order chi connectivity index (χ0) is 9.97. The Morgan fingerprint density at radius 3 is 2.50 bits per heavy atom. The molecule has 0 aliphatic carbocycles. The molecule has 0 radical (unpaired) electrons. The standard InChI is InChI=1S/C11H12N2O/c1-2-8-3-5-9(6-4-8)10-7-14-11(12)13-10/h3-7H,2H2,1H3,(H2,12,13). The van der Waals surface area contributed by atoms with Gasteiger partial charge in [-0.05, 0) is 12.0 Å². The van der Waals surface area contributed by atoms with E-state index < -0.39 is 0 Å². The van der Waals surface area contributed by atoms with Crippen LogP contribution < -0.4 is 5.73 Å². The molecule has 0 spiro atoms. The van der Waals surface area contributed by atoms with Crippen LogP contribution >= 0.6 is 0 Å². The lowest BCUT2D eigenvalue weighted by Gasteiger charge is -1.97. The first-order valence-corrected chi connectivity index (χ1v) is 4.60. The number of rotatable bonds is 2. The fourth-order valence-electron chi connectivity index (χ4n) is 1.33. The maximum absolute atomic E-state index is 5.39. The maximum Gasteiger partial charge on any atom is 0.292 e. The number of nitrogens with two attached hydrogens (primary N) is 1. The Labute approximate surface area is 82.6 Å². The van der Waals surface area contributed by atoms with E-state index in [1.165, 1.54) is 5.56 Å². The quantitative estimate of drug-likeness (QED) is 0.787. The van der Waals surface area contributed by atoms with E-state index in [1.807, 2.05) is 12.1 Å². The van der Waals surface area contributed by atoms with Gasteiger partial charge in [0.15, 0.2) is 0 Å². The summed E-state index contributed by atoms with van der Waals surface area (Å²) in [6.45, 7) is 2.13. The molecule has 3 nitrogen and oxygen atoms in total. The number of aromatic nitrogens is 1. The molecule has 0 aliphatic heterocycles. The minimum absolute atomic E-state index is 0.208. The third kappa shape index (κ3) is 1.62. The number of hydrogen-bond acceptors (Lipinski definition) is 3. The molecule has 0 unspecified atom stereocenters. The molecular weight excluding hydrogens is 176 g/mol. The van der Waals surface area contributed by atoms with Crippen LogP contribution in [0, 0.1) is 0 Å². The van der Waals surface area contributed by atoms with Crippen molar-refractivity contribution in [2.75, 3.05) is 5.73 Å². The summed E-state index contributed by atoms with van der Waals surface area (Å²) in [7, 11) is 0. The van der Waals surface area contributed by atoms with Gasteiger partial charge in [0.1, 0.15) is 12.0 Å². The Morgan fingerprint density at radius 1 is 1.29 bits per heavy atom.